The van der Waals surface area contributed by atoms with E-state index in [9.17, 15) is 13.2 Å². The quantitative estimate of drug-likeness (QED) is 0.381. The van der Waals surface area contributed by atoms with Crippen LogP contribution in [0.3, 0.4) is 0 Å². The lowest BCUT2D eigenvalue weighted by Gasteiger charge is -2.32. The highest BCUT2D eigenvalue weighted by Gasteiger charge is 2.24. The predicted octanol–water partition coefficient (Wildman–Crippen LogP) is 3.45. The average molecular weight is 508 g/mol. The summed E-state index contributed by atoms with van der Waals surface area (Å²) in [6, 6.07) is 19.6. The third-order valence-electron chi connectivity index (χ3n) is 6.47. The van der Waals surface area contributed by atoms with Gasteiger partial charge in [0.1, 0.15) is 23.7 Å². The zero-order valence-electron chi connectivity index (χ0n) is 20.4. The van der Waals surface area contributed by atoms with Crippen LogP contribution in [0.4, 0.5) is 0 Å². The van der Waals surface area contributed by atoms with Crippen LogP contribution in [0.25, 0.3) is 22.1 Å². The van der Waals surface area contributed by atoms with E-state index in [1.165, 1.54) is 10.6 Å². The van der Waals surface area contributed by atoms with E-state index < -0.39 is 10.0 Å². The minimum absolute atomic E-state index is 0.123. The fourth-order valence-electron chi connectivity index (χ4n) is 4.52. The molecule has 0 unspecified atom stereocenters. The standard InChI is InChI=1S/C27H29N3O5S/c1-28-18-25(21-9-6-10-22(15-21)34-19-20-7-4-3-5-8-20)26-24(27(28)31)16-23(35-26)17-29-11-13-30(14-12-29)36(2,32)33/h3-10,15-16,18H,11-14,17,19H2,1-2H3. The van der Waals surface area contributed by atoms with Gasteiger partial charge < -0.3 is 13.7 Å². The van der Waals surface area contributed by atoms with Crippen LogP contribution in [0.1, 0.15) is 11.3 Å². The minimum atomic E-state index is -3.18. The van der Waals surface area contributed by atoms with E-state index in [2.05, 4.69) is 4.90 Å². The summed E-state index contributed by atoms with van der Waals surface area (Å²) >= 11 is 0. The Morgan fingerprint density at radius 3 is 2.44 bits per heavy atom. The summed E-state index contributed by atoms with van der Waals surface area (Å²) in [7, 11) is -1.45. The van der Waals surface area contributed by atoms with Crippen molar-refractivity contribution in [2.24, 2.45) is 7.05 Å². The second-order valence-corrected chi connectivity index (χ2v) is 11.1. The number of sulfonamides is 1. The highest BCUT2D eigenvalue weighted by molar-refractivity contribution is 7.88. The molecule has 0 radical (unpaired) electrons. The molecule has 0 spiro atoms. The van der Waals surface area contributed by atoms with Crippen molar-refractivity contribution >= 4 is 21.0 Å². The minimum Gasteiger partial charge on any atom is -0.489 e. The first-order valence-electron chi connectivity index (χ1n) is 11.8. The van der Waals surface area contributed by atoms with Crippen LogP contribution in [0.5, 0.6) is 5.75 Å². The summed E-state index contributed by atoms with van der Waals surface area (Å²) in [5.74, 6) is 1.41. The molecule has 5 rings (SSSR count). The Balaban J connectivity index is 1.40. The number of hydrogen-bond acceptors (Lipinski definition) is 6. The molecule has 1 saturated heterocycles. The number of hydrogen-bond donors (Lipinski definition) is 0. The molecule has 0 saturated carbocycles. The van der Waals surface area contributed by atoms with E-state index in [0.29, 0.717) is 56.1 Å². The lowest BCUT2D eigenvalue weighted by molar-refractivity contribution is 0.172. The number of aryl methyl sites for hydroxylation is 1. The SMILES string of the molecule is Cn1cc(-c2cccc(OCc3ccccc3)c2)c2oc(CN3CCN(S(C)(=O)=O)CC3)cc2c1=O. The number of benzene rings is 2. The Labute approximate surface area is 210 Å². The zero-order valence-corrected chi connectivity index (χ0v) is 21.2. The predicted molar refractivity (Wildman–Crippen MR) is 139 cm³/mol. The highest BCUT2D eigenvalue weighted by Crippen LogP contribution is 2.31. The molecular weight excluding hydrogens is 478 g/mol. The molecule has 0 bridgehead atoms. The highest BCUT2D eigenvalue weighted by atomic mass is 32.2. The summed E-state index contributed by atoms with van der Waals surface area (Å²) in [5, 5.41) is 0.523. The molecule has 4 aromatic rings. The second kappa shape index (κ2) is 9.93. The van der Waals surface area contributed by atoms with E-state index in [1.807, 2.05) is 54.6 Å². The molecule has 2 aromatic heterocycles. The summed E-state index contributed by atoms with van der Waals surface area (Å²) in [6.45, 7) is 3.08. The van der Waals surface area contributed by atoms with Gasteiger partial charge in [-0.2, -0.15) is 4.31 Å². The molecular formula is C27H29N3O5S. The van der Waals surface area contributed by atoms with Gasteiger partial charge in [-0.15, -0.1) is 0 Å². The normalized spacial score (nSPS) is 15.4. The lowest BCUT2D eigenvalue weighted by Crippen LogP contribution is -2.47. The zero-order chi connectivity index (χ0) is 25.3. The van der Waals surface area contributed by atoms with Crippen LogP contribution in [-0.4, -0.2) is 54.6 Å². The van der Waals surface area contributed by atoms with E-state index in [1.54, 1.807) is 23.9 Å². The van der Waals surface area contributed by atoms with Crippen LogP contribution in [0.2, 0.25) is 0 Å². The Kier molecular flexibility index (Phi) is 6.70. The van der Waals surface area contributed by atoms with Crippen LogP contribution in [0.15, 0.2) is 76.1 Å². The van der Waals surface area contributed by atoms with Crippen LogP contribution in [0, 0.1) is 0 Å². The molecule has 0 amide bonds. The molecule has 1 aliphatic rings. The van der Waals surface area contributed by atoms with Crippen molar-refractivity contribution in [2.45, 2.75) is 13.2 Å². The smallest absolute Gasteiger partial charge is 0.261 e. The molecule has 3 heterocycles. The number of furan rings is 1. The van der Waals surface area contributed by atoms with E-state index in [4.69, 9.17) is 9.15 Å². The molecule has 0 aliphatic carbocycles. The number of pyridine rings is 1. The summed E-state index contributed by atoms with van der Waals surface area (Å²) in [4.78, 5) is 15.0. The first kappa shape index (κ1) is 24.3. The second-order valence-electron chi connectivity index (χ2n) is 9.15. The molecule has 8 nitrogen and oxygen atoms in total. The van der Waals surface area contributed by atoms with Gasteiger partial charge in [-0.25, -0.2) is 8.42 Å². The average Bonchev–Trinajstić information content (AvgIpc) is 3.29. The van der Waals surface area contributed by atoms with Crippen molar-refractivity contribution in [2.75, 3.05) is 32.4 Å². The molecule has 0 N–H and O–H groups in total. The molecule has 1 fully saturated rings. The van der Waals surface area contributed by atoms with Crippen molar-refractivity contribution in [3.05, 3.63) is 88.5 Å². The molecule has 188 valence electrons. The Morgan fingerprint density at radius 1 is 0.972 bits per heavy atom. The summed E-state index contributed by atoms with van der Waals surface area (Å²) < 4.78 is 38.9. The lowest BCUT2D eigenvalue weighted by atomic mass is 10.1. The Hall–Kier alpha value is -3.40. The molecule has 36 heavy (non-hydrogen) atoms. The van der Waals surface area contributed by atoms with Crippen LogP contribution < -0.4 is 10.3 Å². The number of rotatable bonds is 7. The Bertz CT molecular complexity index is 1530. The monoisotopic (exact) mass is 507 g/mol. The first-order valence-corrected chi connectivity index (χ1v) is 13.7. The maximum atomic E-state index is 12.9. The maximum absolute atomic E-state index is 12.9. The van der Waals surface area contributed by atoms with Crippen molar-refractivity contribution in [3.8, 4) is 16.9 Å². The largest absolute Gasteiger partial charge is 0.489 e. The third kappa shape index (κ3) is 5.23. The third-order valence-corrected chi connectivity index (χ3v) is 7.78. The van der Waals surface area contributed by atoms with Gasteiger partial charge in [0.15, 0.2) is 0 Å². The molecule has 0 atom stereocenters. The van der Waals surface area contributed by atoms with Crippen molar-refractivity contribution in [1.82, 2.24) is 13.8 Å². The fraction of sp³-hybridized carbons (Fsp3) is 0.296. The number of nitrogens with zero attached hydrogens (tertiary/aromatic N) is 3. The molecule has 9 heteroatoms. The number of fused-ring (bicyclic) bond motifs is 1. The molecule has 1 aliphatic heterocycles. The van der Waals surface area contributed by atoms with Crippen molar-refractivity contribution in [3.63, 3.8) is 0 Å². The number of piperazine rings is 1. The number of aromatic nitrogens is 1. The van der Waals surface area contributed by atoms with E-state index in [-0.39, 0.29) is 5.56 Å². The van der Waals surface area contributed by atoms with E-state index in [0.717, 1.165) is 22.4 Å². The van der Waals surface area contributed by atoms with Crippen molar-refractivity contribution in [1.29, 1.82) is 0 Å². The topological polar surface area (TPSA) is 85.0 Å². The fourth-order valence-corrected chi connectivity index (χ4v) is 5.35. The maximum Gasteiger partial charge on any atom is 0.261 e. The van der Waals surface area contributed by atoms with Gasteiger partial charge in [0.25, 0.3) is 5.56 Å². The summed E-state index contributed by atoms with van der Waals surface area (Å²) in [6.07, 6.45) is 3.03. The van der Waals surface area contributed by atoms with Gasteiger partial charge >= 0.3 is 0 Å². The van der Waals surface area contributed by atoms with Crippen molar-refractivity contribution < 1.29 is 17.6 Å². The van der Waals surface area contributed by atoms with Gasteiger partial charge in [0.2, 0.25) is 10.0 Å². The van der Waals surface area contributed by atoms with Gasteiger partial charge in [-0.05, 0) is 29.3 Å². The van der Waals surface area contributed by atoms with Gasteiger partial charge in [0, 0.05) is 45.0 Å². The van der Waals surface area contributed by atoms with Gasteiger partial charge in [0.05, 0.1) is 18.2 Å². The van der Waals surface area contributed by atoms with Crippen LogP contribution in [-0.2, 0) is 30.2 Å². The van der Waals surface area contributed by atoms with Crippen LogP contribution >= 0.6 is 0 Å². The first-order chi connectivity index (χ1) is 17.3. The Morgan fingerprint density at radius 2 is 1.72 bits per heavy atom. The van der Waals surface area contributed by atoms with Gasteiger partial charge in [-0.3, -0.25) is 9.69 Å². The summed E-state index contributed by atoms with van der Waals surface area (Å²) in [5.41, 5.74) is 3.21. The molecule has 2 aromatic carbocycles. The van der Waals surface area contributed by atoms with E-state index >= 15 is 0 Å². The van der Waals surface area contributed by atoms with Gasteiger partial charge in [-0.1, -0.05) is 42.5 Å². The number of ether oxygens (including phenoxy) is 1.